The summed E-state index contributed by atoms with van der Waals surface area (Å²) in [6.45, 7) is 0.670. The molecule has 0 saturated carbocycles. The van der Waals surface area contributed by atoms with E-state index in [0.717, 1.165) is 0 Å². The molecular weight excluding hydrogens is 244 g/mol. The zero-order valence-corrected chi connectivity index (χ0v) is 10.3. The second-order valence-corrected chi connectivity index (χ2v) is 5.34. The summed E-state index contributed by atoms with van der Waals surface area (Å²) in [4.78, 5) is 11.0. The van der Waals surface area contributed by atoms with Gasteiger partial charge in [0.25, 0.3) is 5.91 Å². The molecule has 1 aromatic rings. The van der Waals surface area contributed by atoms with Crippen LogP contribution in [0.25, 0.3) is 0 Å². The molecule has 0 radical (unpaired) electrons. The van der Waals surface area contributed by atoms with Crippen molar-refractivity contribution >= 4 is 15.9 Å². The Morgan fingerprint density at radius 2 is 2.18 bits per heavy atom. The van der Waals surface area contributed by atoms with Gasteiger partial charge in [-0.05, 0) is 19.0 Å². The molecule has 0 aliphatic rings. The number of nitrogens with two attached hydrogens (primary N) is 2. The van der Waals surface area contributed by atoms with Gasteiger partial charge in [-0.15, -0.1) is 0 Å². The molecule has 1 heterocycles. The largest absolute Gasteiger partial charge is 0.364 e. The van der Waals surface area contributed by atoms with Gasteiger partial charge in [0, 0.05) is 19.8 Å². The van der Waals surface area contributed by atoms with E-state index in [4.69, 9.17) is 11.5 Å². The van der Waals surface area contributed by atoms with Gasteiger partial charge >= 0.3 is 0 Å². The maximum atomic E-state index is 11.8. The molecule has 7 nitrogen and oxygen atoms in total. The number of carbonyl (C=O) groups is 1. The highest BCUT2D eigenvalue weighted by Crippen LogP contribution is 2.12. The van der Waals surface area contributed by atoms with E-state index in [-0.39, 0.29) is 17.1 Å². The molecule has 17 heavy (non-hydrogen) atoms. The predicted molar refractivity (Wildman–Crippen MR) is 62.8 cm³/mol. The van der Waals surface area contributed by atoms with Crippen molar-refractivity contribution in [3.8, 4) is 0 Å². The van der Waals surface area contributed by atoms with Crippen LogP contribution < -0.4 is 16.2 Å². The molecule has 1 amide bonds. The quantitative estimate of drug-likeness (QED) is 0.553. The monoisotopic (exact) mass is 260 g/mol. The lowest BCUT2D eigenvalue weighted by atomic mass is 10.4. The molecule has 96 valence electrons. The van der Waals surface area contributed by atoms with Crippen LogP contribution >= 0.6 is 0 Å². The average molecular weight is 260 g/mol. The zero-order chi connectivity index (χ0) is 13.1. The van der Waals surface area contributed by atoms with Crippen molar-refractivity contribution in [2.24, 2.45) is 18.5 Å². The van der Waals surface area contributed by atoms with E-state index >= 15 is 0 Å². The first kappa shape index (κ1) is 13.7. The Hall–Kier alpha value is -1.38. The van der Waals surface area contributed by atoms with Crippen molar-refractivity contribution in [2.75, 3.05) is 13.1 Å². The third kappa shape index (κ3) is 3.29. The van der Waals surface area contributed by atoms with Gasteiger partial charge in [0.2, 0.25) is 10.0 Å². The van der Waals surface area contributed by atoms with Gasteiger partial charge in [-0.2, -0.15) is 0 Å². The van der Waals surface area contributed by atoms with Crippen LogP contribution in [0.2, 0.25) is 0 Å². The van der Waals surface area contributed by atoms with Gasteiger partial charge < -0.3 is 16.0 Å². The van der Waals surface area contributed by atoms with Crippen molar-refractivity contribution < 1.29 is 13.2 Å². The minimum Gasteiger partial charge on any atom is -0.364 e. The van der Waals surface area contributed by atoms with Gasteiger partial charge in [-0.25, -0.2) is 13.1 Å². The molecule has 0 saturated heterocycles. The van der Waals surface area contributed by atoms with E-state index in [1.165, 1.54) is 16.8 Å². The molecule has 0 atom stereocenters. The van der Waals surface area contributed by atoms with Crippen LogP contribution in [0.3, 0.4) is 0 Å². The summed E-state index contributed by atoms with van der Waals surface area (Å²) in [6, 6.07) is 1.24. The Bertz CT molecular complexity index is 506. The molecule has 0 bridgehead atoms. The lowest BCUT2D eigenvalue weighted by Crippen LogP contribution is -2.26. The maximum Gasteiger partial charge on any atom is 0.265 e. The minimum atomic E-state index is -3.60. The van der Waals surface area contributed by atoms with Crippen LogP contribution in [0, 0.1) is 0 Å². The van der Waals surface area contributed by atoms with Crippen LogP contribution in [-0.4, -0.2) is 32.0 Å². The molecule has 1 rings (SSSR count). The average Bonchev–Trinajstić information content (AvgIpc) is 2.61. The van der Waals surface area contributed by atoms with Crippen molar-refractivity contribution in [3.05, 3.63) is 18.0 Å². The van der Waals surface area contributed by atoms with E-state index in [2.05, 4.69) is 4.72 Å². The molecule has 0 aromatic carbocycles. The molecule has 5 N–H and O–H groups in total. The van der Waals surface area contributed by atoms with Crippen LogP contribution in [-0.2, 0) is 17.1 Å². The highest BCUT2D eigenvalue weighted by molar-refractivity contribution is 7.89. The van der Waals surface area contributed by atoms with E-state index in [1.54, 1.807) is 7.05 Å². The first-order valence-electron chi connectivity index (χ1n) is 5.04. The Labute approximate surface area is 99.8 Å². The van der Waals surface area contributed by atoms with Crippen molar-refractivity contribution in [1.82, 2.24) is 9.29 Å². The summed E-state index contributed by atoms with van der Waals surface area (Å²) in [7, 11) is -2.05. The molecule has 1 aromatic heterocycles. The number of nitrogens with zero attached hydrogens (tertiary/aromatic N) is 1. The van der Waals surface area contributed by atoms with Crippen molar-refractivity contribution in [2.45, 2.75) is 11.3 Å². The maximum absolute atomic E-state index is 11.8. The molecule has 0 fully saturated rings. The molecule has 0 spiro atoms. The third-order valence-electron chi connectivity index (χ3n) is 2.22. The molecule has 8 heteroatoms. The fraction of sp³-hybridized carbons (Fsp3) is 0.444. The van der Waals surface area contributed by atoms with Gasteiger partial charge in [0.05, 0.1) is 0 Å². The second-order valence-electron chi connectivity index (χ2n) is 3.58. The van der Waals surface area contributed by atoms with Crippen LogP contribution in [0.1, 0.15) is 16.9 Å². The lowest BCUT2D eigenvalue weighted by molar-refractivity contribution is 0.0992. The van der Waals surface area contributed by atoms with Gasteiger partial charge in [0.15, 0.2) is 0 Å². The number of amides is 1. The normalized spacial score (nSPS) is 11.6. The molecule has 0 aliphatic carbocycles. The van der Waals surface area contributed by atoms with Crippen LogP contribution in [0.4, 0.5) is 0 Å². The number of nitrogens with one attached hydrogen (secondary N) is 1. The summed E-state index contributed by atoms with van der Waals surface area (Å²) in [5.74, 6) is -0.670. The number of hydrogen-bond acceptors (Lipinski definition) is 4. The predicted octanol–water partition coefficient (Wildman–Crippen LogP) is -1.25. The number of sulfonamides is 1. The number of rotatable bonds is 6. The van der Waals surface area contributed by atoms with E-state index in [9.17, 15) is 13.2 Å². The van der Waals surface area contributed by atoms with E-state index < -0.39 is 15.9 Å². The summed E-state index contributed by atoms with van der Waals surface area (Å²) >= 11 is 0. The smallest absolute Gasteiger partial charge is 0.265 e. The standard InChI is InChI=1S/C9H16N4O3S/c1-13-6-7(5-8(13)9(11)14)17(15,16)12-4-2-3-10/h5-6,12H,2-4,10H2,1H3,(H2,11,14). The third-order valence-corrected chi connectivity index (χ3v) is 3.64. The Kier molecular flexibility index (Phi) is 4.27. The molecule has 0 unspecified atom stereocenters. The Balaban J connectivity index is 2.92. The summed E-state index contributed by atoms with van der Waals surface area (Å²) in [5, 5.41) is 0. The first-order chi connectivity index (χ1) is 7.88. The van der Waals surface area contributed by atoms with E-state index in [0.29, 0.717) is 13.0 Å². The molecule has 0 aliphatic heterocycles. The Morgan fingerprint density at radius 1 is 1.53 bits per heavy atom. The highest BCUT2D eigenvalue weighted by atomic mass is 32.2. The fourth-order valence-corrected chi connectivity index (χ4v) is 2.46. The summed E-state index contributed by atoms with van der Waals surface area (Å²) < 4.78 is 27.3. The molecular formula is C9H16N4O3S. The van der Waals surface area contributed by atoms with Crippen LogP contribution in [0.5, 0.6) is 0 Å². The zero-order valence-electron chi connectivity index (χ0n) is 9.51. The second kappa shape index (κ2) is 5.30. The number of primary amides is 1. The number of aromatic nitrogens is 1. The highest BCUT2D eigenvalue weighted by Gasteiger charge is 2.18. The number of aryl methyl sites for hydroxylation is 1. The minimum absolute atomic E-state index is 0.0193. The summed E-state index contributed by atoms with van der Waals surface area (Å²) in [5.41, 5.74) is 10.5. The van der Waals surface area contributed by atoms with Gasteiger partial charge in [-0.3, -0.25) is 4.79 Å². The lowest BCUT2D eigenvalue weighted by Gasteiger charge is -2.02. The topological polar surface area (TPSA) is 120 Å². The van der Waals surface area contributed by atoms with Crippen LogP contribution in [0.15, 0.2) is 17.2 Å². The van der Waals surface area contributed by atoms with E-state index in [1.807, 2.05) is 0 Å². The number of carbonyl (C=O) groups excluding carboxylic acids is 1. The fourth-order valence-electron chi connectivity index (χ4n) is 1.32. The van der Waals surface area contributed by atoms with Crippen molar-refractivity contribution in [1.29, 1.82) is 0 Å². The number of hydrogen-bond donors (Lipinski definition) is 3. The van der Waals surface area contributed by atoms with Crippen molar-refractivity contribution in [3.63, 3.8) is 0 Å². The Morgan fingerprint density at radius 3 is 2.65 bits per heavy atom. The van der Waals surface area contributed by atoms with Gasteiger partial charge in [0.1, 0.15) is 10.6 Å². The first-order valence-corrected chi connectivity index (χ1v) is 6.52. The summed E-state index contributed by atoms with van der Waals surface area (Å²) in [6.07, 6.45) is 1.89. The SMILES string of the molecule is Cn1cc(S(=O)(=O)NCCCN)cc1C(N)=O. The van der Waals surface area contributed by atoms with Gasteiger partial charge in [-0.1, -0.05) is 0 Å².